The summed E-state index contributed by atoms with van der Waals surface area (Å²) in [6.45, 7) is 1.86. The van der Waals surface area contributed by atoms with Gasteiger partial charge in [0.2, 0.25) is 0 Å². The summed E-state index contributed by atoms with van der Waals surface area (Å²) in [5.74, 6) is 0. The van der Waals surface area contributed by atoms with E-state index in [1.54, 1.807) is 0 Å². The van der Waals surface area contributed by atoms with Gasteiger partial charge in [0.25, 0.3) is 0 Å². The van der Waals surface area contributed by atoms with E-state index in [9.17, 15) is 4.79 Å². The van der Waals surface area contributed by atoms with E-state index in [-0.39, 0.29) is 23.9 Å². The molecule has 0 aliphatic heterocycles. The Morgan fingerprint density at radius 3 is 2.23 bits per heavy atom. The lowest BCUT2D eigenvalue weighted by Gasteiger charge is -2.19. The van der Waals surface area contributed by atoms with Crippen molar-refractivity contribution in [2.45, 2.75) is 13.0 Å². The first-order chi connectivity index (χ1) is 10.1. The molecule has 3 rings (SSSR count). The minimum absolute atomic E-state index is 0. The number of halogens is 1. The van der Waals surface area contributed by atoms with Gasteiger partial charge in [0, 0.05) is 24.0 Å². The molecule has 0 saturated heterocycles. The third kappa shape index (κ3) is 2.54. The van der Waals surface area contributed by atoms with Gasteiger partial charge in [0.15, 0.2) is 5.43 Å². The Labute approximate surface area is 135 Å². The molecular weight excluding hydrogens is 296 g/mol. The number of fused-ring (bicyclic) bond motifs is 1. The van der Waals surface area contributed by atoms with Gasteiger partial charge in [-0.25, -0.2) is 0 Å². The van der Waals surface area contributed by atoms with E-state index in [2.05, 4.69) is 4.57 Å². The highest BCUT2D eigenvalue weighted by Gasteiger charge is 2.18. The second-order valence-electron chi connectivity index (χ2n) is 5.32. The summed E-state index contributed by atoms with van der Waals surface area (Å²) in [5, 5.41) is 0.715. The van der Waals surface area contributed by atoms with E-state index in [4.69, 9.17) is 5.73 Å². The Morgan fingerprint density at radius 1 is 1.00 bits per heavy atom. The number of para-hydroxylation sites is 1. The van der Waals surface area contributed by atoms with Crippen molar-refractivity contribution in [3.8, 4) is 11.3 Å². The molecule has 0 saturated carbocycles. The number of aromatic nitrogens is 1. The zero-order valence-electron chi connectivity index (χ0n) is 12.6. The monoisotopic (exact) mass is 314 g/mol. The van der Waals surface area contributed by atoms with Crippen LogP contribution in [0.2, 0.25) is 0 Å². The Morgan fingerprint density at radius 2 is 1.59 bits per heavy atom. The van der Waals surface area contributed by atoms with Crippen LogP contribution in [-0.2, 0) is 7.05 Å². The van der Waals surface area contributed by atoms with Crippen molar-refractivity contribution in [3.63, 3.8) is 0 Å². The number of hydrogen-bond donors (Lipinski definition) is 1. The maximum atomic E-state index is 12.8. The topological polar surface area (TPSA) is 48.0 Å². The summed E-state index contributed by atoms with van der Waals surface area (Å²) >= 11 is 0. The van der Waals surface area contributed by atoms with Gasteiger partial charge in [-0.05, 0) is 24.6 Å². The molecule has 0 amide bonds. The number of hydrogen-bond acceptors (Lipinski definition) is 2. The molecule has 0 aliphatic carbocycles. The van der Waals surface area contributed by atoms with Gasteiger partial charge in [0.1, 0.15) is 0 Å². The van der Waals surface area contributed by atoms with Gasteiger partial charge in [-0.15, -0.1) is 12.4 Å². The molecule has 3 nitrogen and oxygen atoms in total. The highest BCUT2D eigenvalue weighted by Crippen LogP contribution is 2.27. The van der Waals surface area contributed by atoms with E-state index in [0.29, 0.717) is 10.9 Å². The summed E-state index contributed by atoms with van der Waals surface area (Å²) in [7, 11) is 1.98. The average molecular weight is 315 g/mol. The Balaban J connectivity index is 0.00000176. The normalized spacial score (nSPS) is 12.0. The molecule has 22 heavy (non-hydrogen) atoms. The van der Waals surface area contributed by atoms with Crippen LogP contribution in [0, 0.1) is 0 Å². The van der Waals surface area contributed by atoms with Crippen molar-refractivity contribution < 1.29 is 0 Å². The highest BCUT2D eigenvalue weighted by molar-refractivity contribution is 5.85. The zero-order chi connectivity index (χ0) is 15.0. The Kier molecular flexibility index (Phi) is 4.69. The molecule has 0 bridgehead atoms. The molecule has 2 N–H and O–H groups in total. The Bertz CT molecular complexity index is 854. The summed E-state index contributed by atoms with van der Waals surface area (Å²) in [6, 6.07) is 17.3. The maximum absolute atomic E-state index is 12.8. The van der Waals surface area contributed by atoms with Gasteiger partial charge in [-0.1, -0.05) is 42.5 Å². The van der Waals surface area contributed by atoms with Crippen molar-refractivity contribution >= 4 is 23.3 Å². The van der Waals surface area contributed by atoms with E-state index in [0.717, 1.165) is 16.8 Å². The van der Waals surface area contributed by atoms with Crippen molar-refractivity contribution in [3.05, 3.63) is 70.4 Å². The quantitative estimate of drug-likeness (QED) is 0.785. The minimum Gasteiger partial charge on any atom is -0.343 e. The fourth-order valence-electron chi connectivity index (χ4n) is 2.88. The van der Waals surface area contributed by atoms with Crippen LogP contribution in [0.1, 0.15) is 18.5 Å². The van der Waals surface area contributed by atoms with Crippen LogP contribution in [0.5, 0.6) is 0 Å². The molecule has 0 fully saturated rings. The van der Waals surface area contributed by atoms with Gasteiger partial charge in [-0.3, -0.25) is 4.79 Å². The molecule has 4 heteroatoms. The first-order valence-electron chi connectivity index (χ1n) is 7.04. The molecule has 3 aromatic rings. The van der Waals surface area contributed by atoms with Crippen molar-refractivity contribution in [1.82, 2.24) is 4.57 Å². The van der Waals surface area contributed by atoms with E-state index in [1.165, 1.54) is 0 Å². The Hall–Kier alpha value is -2.10. The summed E-state index contributed by atoms with van der Waals surface area (Å²) in [5.41, 5.74) is 9.62. The molecule has 1 unspecified atom stereocenters. The van der Waals surface area contributed by atoms with E-state index >= 15 is 0 Å². The van der Waals surface area contributed by atoms with Crippen molar-refractivity contribution in [2.75, 3.05) is 0 Å². The predicted octanol–water partition coefficient (Wildman–Crippen LogP) is 3.65. The molecule has 114 valence electrons. The maximum Gasteiger partial charge on any atom is 0.194 e. The summed E-state index contributed by atoms with van der Waals surface area (Å²) in [4.78, 5) is 12.8. The minimum atomic E-state index is -0.316. The average Bonchev–Trinajstić information content (AvgIpc) is 2.51. The fraction of sp³-hybridized carbons (Fsp3) is 0.167. The fourth-order valence-corrected chi connectivity index (χ4v) is 2.88. The molecule has 0 aliphatic rings. The van der Waals surface area contributed by atoms with Gasteiger partial charge in [-0.2, -0.15) is 0 Å². The molecule has 0 radical (unpaired) electrons. The number of aryl methyl sites for hydroxylation is 1. The molecule has 1 atom stereocenters. The van der Waals surface area contributed by atoms with Gasteiger partial charge in [0.05, 0.1) is 11.2 Å². The third-order valence-corrected chi connectivity index (χ3v) is 3.85. The molecule has 1 aromatic heterocycles. The lowest BCUT2D eigenvalue weighted by molar-refractivity contribution is 0.793. The van der Waals surface area contributed by atoms with Crippen LogP contribution in [0.15, 0.2) is 59.4 Å². The highest BCUT2D eigenvalue weighted by atomic mass is 35.5. The van der Waals surface area contributed by atoms with Crippen LogP contribution in [0.4, 0.5) is 0 Å². The molecule has 2 aromatic carbocycles. The number of nitrogens with two attached hydrogens (primary N) is 1. The molecule has 1 heterocycles. The number of nitrogens with zero attached hydrogens (tertiary/aromatic N) is 1. The molecular formula is C18H19ClN2O. The summed E-state index contributed by atoms with van der Waals surface area (Å²) < 4.78 is 2.06. The van der Waals surface area contributed by atoms with Crippen LogP contribution in [-0.4, -0.2) is 4.57 Å². The number of benzene rings is 2. The zero-order valence-corrected chi connectivity index (χ0v) is 13.4. The SMILES string of the molecule is CC(N)c1c(-c2ccccc2)n(C)c2ccccc2c1=O.Cl. The van der Waals surface area contributed by atoms with Crippen LogP contribution in [0.25, 0.3) is 22.2 Å². The van der Waals surface area contributed by atoms with E-state index < -0.39 is 0 Å². The standard InChI is InChI=1S/C18H18N2O.ClH/c1-12(19)16-17(13-8-4-3-5-9-13)20(2)15-11-7-6-10-14(15)18(16)21;/h3-12H,19H2,1-2H3;1H. The largest absolute Gasteiger partial charge is 0.343 e. The van der Waals surface area contributed by atoms with Crippen molar-refractivity contribution in [2.24, 2.45) is 12.8 Å². The second-order valence-corrected chi connectivity index (χ2v) is 5.32. The first kappa shape index (κ1) is 16.3. The lowest BCUT2D eigenvalue weighted by Crippen LogP contribution is -2.22. The van der Waals surface area contributed by atoms with Crippen LogP contribution in [0.3, 0.4) is 0 Å². The second kappa shape index (κ2) is 6.34. The summed E-state index contributed by atoms with van der Waals surface area (Å²) in [6.07, 6.45) is 0. The number of pyridine rings is 1. The van der Waals surface area contributed by atoms with Crippen LogP contribution >= 0.6 is 12.4 Å². The van der Waals surface area contributed by atoms with Gasteiger partial charge < -0.3 is 10.3 Å². The van der Waals surface area contributed by atoms with Crippen LogP contribution < -0.4 is 11.2 Å². The number of rotatable bonds is 2. The first-order valence-corrected chi connectivity index (χ1v) is 7.04. The smallest absolute Gasteiger partial charge is 0.194 e. The lowest BCUT2D eigenvalue weighted by atomic mass is 9.97. The third-order valence-electron chi connectivity index (χ3n) is 3.85. The van der Waals surface area contributed by atoms with Crippen molar-refractivity contribution in [1.29, 1.82) is 0 Å². The molecule has 0 spiro atoms. The predicted molar refractivity (Wildman–Crippen MR) is 94.5 cm³/mol. The van der Waals surface area contributed by atoms with E-state index in [1.807, 2.05) is 68.6 Å². The van der Waals surface area contributed by atoms with Gasteiger partial charge >= 0.3 is 0 Å².